The molecule has 0 unspecified atom stereocenters. The molecule has 1 heterocycles. The molecule has 0 aliphatic heterocycles. The lowest BCUT2D eigenvalue weighted by atomic mass is 10.1. The molecular formula is C12H17N3O. The van der Waals surface area contributed by atoms with Crippen LogP contribution in [-0.2, 0) is 6.54 Å². The third kappa shape index (κ3) is 2.40. The molecule has 0 atom stereocenters. The van der Waals surface area contributed by atoms with Gasteiger partial charge in [0.05, 0.1) is 24.0 Å². The smallest absolute Gasteiger partial charge is 0.0931 e. The molecule has 2 aromatic rings. The maximum Gasteiger partial charge on any atom is 0.0931 e. The predicted molar refractivity (Wildman–Crippen MR) is 64.1 cm³/mol. The molecule has 0 radical (unpaired) electrons. The first kappa shape index (κ1) is 11.1. The lowest BCUT2D eigenvalue weighted by Gasteiger charge is -2.23. The molecule has 0 spiro atoms. The highest BCUT2D eigenvalue weighted by molar-refractivity contribution is 5.74. The van der Waals surface area contributed by atoms with E-state index in [-0.39, 0.29) is 12.1 Å². The van der Waals surface area contributed by atoms with Gasteiger partial charge >= 0.3 is 0 Å². The maximum atomic E-state index is 9.13. The number of aromatic amines is 1. The Kier molecular flexibility index (Phi) is 2.94. The number of benzene rings is 1. The van der Waals surface area contributed by atoms with Gasteiger partial charge in [0.2, 0.25) is 0 Å². The molecule has 4 heteroatoms. The molecule has 0 saturated heterocycles. The highest BCUT2D eigenvalue weighted by Crippen LogP contribution is 2.12. The van der Waals surface area contributed by atoms with Crippen LogP contribution in [0.1, 0.15) is 19.4 Å². The molecule has 0 amide bonds. The molecule has 86 valence electrons. The summed E-state index contributed by atoms with van der Waals surface area (Å²) < 4.78 is 0. The van der Waals surface area contributed by atoms with Gasteiger partial charge in [-0.05, 0) is 31.5 Å². The molecule has 4 nitrogen and oxygen atoms in total. The fourth-order valence-corrected chi connectivity index (χ4v) is 1.49. The number of hydrogen-bond acceptors (Lipinski definition) is 3. The van der Waals surface area contributed by atoms with Gasteiger partial charge in [0, 0.05) is 12.1 Å². The minimum atomic E-state index is -0.247. The van der Waals surface area contributed by atoms with Crippen LogP contribution in [0.15, 0.2) is 24.5 Å². The molecule has 3 N–H and O–H groups in total. The predicted octanol–water partition coefficient (Wildman–Crippen LogP) is 1.42. The minimum absolute atomic E-state index is 0.124. The van der Waals surface area contributed by atoms with E-state index in [4.69, 9.17) is 5.11 Å². The molecule has 1 aromatic carbocycles. The Morgan fingerprint density at radius 3 is 3.00 bits per heavy atom. The van der Waals surface area contributed by atoms with Gasteiger partial charge in [-0.1, -0.05) is 6.07 Å². The summed E-state index contributed by atoms with van der Waals surface area (Å²) in [5.41, 5.74) is 2.95. The van der Waals surface area contributed by atoms with Crippen molar-refractivity contribution < 1.29 is 5.11 Å². The number of imidazole rings is 1. The first-order valence-corrected chi connectivity index (χ1v) is 5.39. The number of aromatic nitrogens is 2. The summed E-state index contributed by atoms with van der Waals surface area (Å²) in [5.74, 6) is 0. The van der Waals surface area contributed by atoms with Gasteiger partial charge in [0.25, 0.3) is 0 Å². The molecule has 0 bridgehead atoms. The van der Waals surface area contributed by atoms with Gasteiger partial charge in [-0.15, -0.1) is 0 Å². The Morgan fingerprint density at radius 2 is 2.25 bits per heavy atom. The first-order chi connectivity index (χ1) is 7.61. The average molecular weight is 219 g/mol. The number of hydrogen-bond donors (Lipinski definition) is 3. The van der Waals surface area contributed by atoms with E-state index in [2.05, 4.69) is 21.4 Å². The fraction of sp³-hybridized carbons (Fsp3) is 0.417. The second-order valence-corrected chi connectivity index (χ2v) is 4.65. The topological polar surface area (TPSA) is 60.9 Å². The molecule has 0 fully saturated rings. The number of nitrogens with one attached hydrogen (secondary N) is 2. The van der Waals surface area contributed by atoms with E-state index in [1.807, 2.05) is 26.0 Å². The highest BCUT2D eigenvalue weighted by Gasteiger charge is 2.14. The Hall–Kier alpha value is -1.39. The highest BCUT2D eigenvalue weighted by atomic mass is 16.3. The molecular weight excluding hydrogens is 202 g/mol. The van der Waals surface area contributed by atoms with Gasteiger partial charge in [-0.25, -0.2) is 4.98 Å². The first-order valence-electron chi connectivity index (χ1n) is 5.39. The average Bonchev–Trinajstić information content (AvgIpc) is 2.73. The summed E-state index contributed by atoms with van der Waals surface area (Å²) in [6, 6.07) is 6.11. The van der Waals surface area contributed by atoms with Crippen molar-refractivity contribution in [2.24, 2.45) is 0 Å². The Bertz CT molecular complexity index is 476. The van der Waals surface area contributed by atoms with E-state index in [0.717, 1.165) is 17.6 Å². The van der Waals surface area contributed by atoms with E-state index >= 15 is 0 Å². The summed E-state index contributed by atoms with van der Waals surface area (Å²) in [4.78, 5) is 7.25. The molecule has 1 aromatic heterocycles. The summed E-state index contributed by atoms with van der Waals surface area (Å²) in [6.45, 7) is 4.81. The van der Waals surface area contributed by atoms with Gasteiger partial charge in [-0.2, -0.15) is 0 Å². The number of aliphatic hydroxyl groups excluding tert-OH is 1. The van der Waals surface area contributed by atoms with Crippen LogP contribution in [0.5, 0.6) is 0 Å². The second-order valence-electron chi connectivity index (χ2n) is 4.65. The van der Waals surface area contributed by atoms with Crippen LogP contribution in [0, 0.1) is 0 Å². The van der Waals surface area contributed by atoms with Crippen LogP contribution in [0.2, 0.25) is 0 Å². The number of H-pyrrole nitrogens is 1. The van der Waals surface area contributed by atoms with Crippen molar-refractivity contribution >= 4 is 11.0 Å². The van der Waals surface area contributed by atoms with Crippen molar-refractivity contribution in [2.75, 3.05) is 6.61 Å². The number of aliphatic hydroxyl groups is 1. The third-order valence-corrected chi connectivity index (χ3v) is 2.65. The van der Waals surface area contributed by atoms with Crippen molar-refractivity contribution in [1.82, 2.24) is 15.3 Å². The molecule has 16 heavy (non-hydrogen) atoms. The zero-order chi connectivity index (χ0) is 11.6. The molecule has 0 saturated carbocycles. The van der Waals surface area contributed by atoms with Crippen LogP contribution in [0.3, 0.4) is 0 Å². The summed E-state index contributed by atoms with van der Waals surface area (Å²) in [7, 11) is 0. The van der Waals surface area contributed by atoms with Crippen molar-refractivity contribution in [2.45, 2.75) is 25.9 Å². The van der Waals surface area contributed by atoms with Crippen molar-refractivity contribution in [3.05, 3.63) is 30.1 Å². The van der Waals surface area contributed by atoms with Gasteiger partial charge in [-0.3, -0.25) is 0 Å². The number of nitrogens with zero attached hydrogens (tertiary/aromatic N) is 1. The quantitative estimate of drug-likeness (QED) is 0.729. The second kappa shape index (κ2) is 4.23. The minimum Gasteiger partial charge on any atom is -0.394 e. The standard InChI is InChI=1S/C12H17N3O/c1-12(2,7-16)15-6-9-3-4-10-11(5-9)14-8-13-10/h3-5,8,15-16H,6-7H2,1-2H3,(H,13,14). The fourth-order valence-electron chi connectivity index (χ4n) is 1.49. The summed E-state index contributed by atoms with van der Waals surface area (Å²) in [6.07, 6.45) is 1.69. The van der Waals surface area contributed by atoms with E-state index in [1.54, 1.807) is 6.33 Å². The van der Waals surface area contributed by atoms with Gasteiger partial charge < -0.3 is 15.4 Å². The van der Waals surface area contributed by atoms with Gasteiger partial charge in [0.1, 0.15) is 0 Å². The number of fused-ring (bicyclic) bond motifs is 1. The summed E-state index contributed by atoms with van der Waals surface area (Å²) >= 11 is 0. The molecule has 2 rings (SSSR count). The zero-order valence-corrected chi connectivity index (χ0v) is 9.62. The normalized spacial score (nSPS) is 12.2. The molecule has 0 aliphatic carbocycles. The van der Waals surface area contributed by atoms with Crippen LogP contribution >= 0.6 is 0 Å². The van der Waals surface area contributed by atoms with E-state index < -0.39 is 0 Å². The van der Waals surface area contributed by atoms with E-state index in [9.17, 15) is 0 Å². The zero-order valence-electron chi connectivity index (χ0n) is 9.62. The largest absolute Gasteiger partial charge is 0.394 e. The Labute approximate surface area is 94.7 Å². The lowest BCUT2D eigenvalue weighted by molar-refractivity contribution is 0.187. The van der Waals surface area contributed by atoms with Crippen LogP contribution < -0.4 is 5.32 Å². The molecule has 0 aliphatic rings. The lowest BCUT2D eigenvalue weighted by Crippen LogP contribution is -2.42. The number of rotatable bonds is 4. The van der Waals surface area contributed by atoms with E-state index in [1.165, 1.54) is 5.56 Å². The van der Waals surface area contributed by atoms with Crippen LogP contribution in [0.25, 0.3) is 11.0 Å². The van der Waals surface area contributed by atoms with Crippen molar-refractivity contribution in [3.8, 4) is 0 Å². The van der Waals surface area contributed by atoms with E-state index in [0.29, 0.717) is 0 Å². The Morgan fingerprint density at radius 1 is 1.44 bits per heavy atom. The third-order valence-electron chi connectivity index (χ3n) is 2.65. The summed E-state index contributed by atoms with van der Waals surface area (Å²) in [5, 5.41) is 12.4. The Balaban J connectivity index is 2.09. The van der Waals surface area contributed by atoms with Crippen LogP contribution in [-0.4, -0.2) is 27.2 Å². The van der Waals surface area contributed by atoms with Gasteiger partial charge in [0.15, 0.2) is 0 Å². The van der Waals surface area contributed by atoms with Crippen molar-refractivity contribution in [1.29, 1.82) is 0 Å². The van der Waals surface area contributed by atoms with Crippen LogP contribution in [0.4, 0.5) is 0 Å². The SMILES string of the molecule is CC(C)(CO)NCc1ccc2nc[nH]c2c1. The maximum absolute atomic E-state index is 9.13. The van der Waals surface area contributed by atoms with Crippen molar-refractivity contribution in [3.63, 3.8) is 0 Å². The monoisotopic (exact) mass is 219 g/mol.